The fourth-order valence-electron chi connectivity index (χ4n) is 14.1. The van der Waals surface area contributed by atoms with E-state index in [0.29, 0.717) is 0 Å². The summed E-state index contributed by atoms with van der Waals surface area (Å²) in [7, 11) is 0. The van der Waals surface area contributed by atoms with Gasteiger partial charge in [-0.2, -0.15) is 121 Å². The van der Waals surface area contributed by atoms with Crippen LogP contribution in [0.15, 0.2) is 316 Å². The van der Waals surface area contributed by atoms with Crippen LogP contribution in [0.5, 0.6) is 0 Å². The molecule has 117 heavy (non-hydrogen) atoms. The minimum Gasteiger partial charge on any atom is -0.477 e. The molecule has 20 rings (SSSR count). The van der Waals surface area contributed by atoms with Crippen LogP contribution in [0.1, 0.15) is 55.2 Å². The molecule has 0 N–H and O–H groups in total. The summed E-state index contributed by atoms with van der Waals surface area (Å²) < 4.78 is 2.39. The van der Waals surface area contributed by atoms with Crippen LogP contribution in [-0.4, -0.2) is 49.4 Å². The number of pyridine rings is 1. The fourth-order valence-corrected chi connectivity index (χ4v) is 14.1. The Hall–Kier alpha value is -11.5. The summed E-state index contributed by atoms with van der Waals surface area (Å²) in [6.45, 7) is 13.3. The molecule has 0 saturated heterocycles. The summed E-state index contributed by atoms with van der Waals surface area (Å²) in [6, 6.07) is 109. The molecule has 0 saturated carbocycles. The Morgan fingerprint density at radius 2 is 0.538 bits per heavy atom. The zero-order chi connectivity index (χ0) is 76.1. The number of fused-ring (bicyclic) bond motifs is 7. The Kier molecular flexibility index (Phi) is 28.4. The molecule has 16 aromatic rings. The van der Waals surface area contributed by atoms with Crippen LogP contribution in [0.2, 0.25) is 0 Å². The van der Waals surface area contributed by atoms with E-state index in [2.05, 4.69) is 189 Å². The molecule has 0 amide bonds. The first-order valence-electron chi connectivity index (χ1n) is 38.1. The molecule has 4 aliphatic heterocycles. The van der Waals surface area contributed by atoms with Gasteiger partial charge in [0.2, 0.25) is 0 Å². The van der Waals surface area contributed by atoms with Gasteiger partial charge in [-0.05, 0) is 98.5 Å². The van der Waals surface area contributed by atoms with Gasteiger partial charge in [-0.25, -0.2) is 39.9 Å². The maximum absolute atomic E-state index is 5.10. The summed E-state index contributed by atoms with van der Waals surface area (Å²) in [5, 5.41) is 2.57. The second-order valence-corrected chi connectivity index (χ2v) is 27.0. The van der Waals surface area contributed by atoms with Gasteiger partial charge in [0.15, 0.2) is 0 Å². The van der Waals surface area contributed by atoms with E-state index >= 15 is 0 Å². The van der Waals surface area contributed by atoms with E-state index < -0.39 is 0 Å². The van der Waals surface area contributed by atoms with E-state index in [-0.39, 0.29) is 80.4 Å². The predicted octanol–water partition coefficient (Wildman–Crippen LogP) is 21.2. The zero-order valence-electron chi connectivity index (χ0n) is 63.9. The van der Waals surface area contributed by atoms with Crippen molar-refractivity contribution in [3.8, 4) is 0 Å². The minimum absolute atomic E-state index is 0. The topological polar surface area (TPSA) is 147 Å². The molecule has 0 fully saturated rings. The Bertz CT molecular complexity index is 5630. The van der Waals surface area contributed by atoms with Crippen molar-refractivity contribution in [2.75, 3.05) is 39.2 Å². The van der Waals surface area contributed by atoms with Crippen molar-refractivity contribution in [2.45, 2.75) is 65.3 Å². The molecule has 10 heterocycles. The normalized spacial score (nSPS) is 12.6. The quantitative estimate of drug-likeness (QED) is 0.0750. The first-order chi connectivity index (χ1) is 56.0. The van der Waals surface area contributed by atoms with E-state index in [9.17, 15) is 0 Å². The molecule has 0 aliphatic carbocycles. The van der Waals surface area contributed by atoms with Gasteiger partial charge in [-0.15, -0.1) is 49.4 Å². The van der Waals surface area contributed by atoms with Crippen molar-refractivity contribution in [1.82, 2.24) is 49.4 Å². The Balaban J connectivity index is 0.000000136. The van der Waals surface area contributed by atoms with Crippen molar-refractivity contribution in [1.29, 1.82) is 0 Å². The molecule has 0 unspecified atom stereocenters. The number of aryl methyl sites for hydroxylation is 6. The van der Waals surface area contributed by atoms with Gasteiger partial charge in [0.1, 0.15) is 46.5 Å². The average molecular weight is 2240 g/mol. The molecule has 592 valence electrons. The van der Waals surface area contributed by atoms with E-state index in [1.54, 1.807) is 0 Å². The SMILES string of the molecule is CCCc1cnc2c(n1)N(c1[c-]cccc1)[CH-]N2c1ccccc1.CCCc1cnc2c(n1)N(c1[c-]cccc1)[CH-]N2c1ccccc1.[Ir].[Ir].[Ir].[Ir].[c-]1ccccc1N1[CH-]N(c2ccccc2)c2ncc(CCc3ccccn3)nc21.[c-]1ccccc1N1[CH-]N(c2ccccc2)c2ncc(CCn3c4ccccc4c4ccccc43)nc21. The van der Waals surface area contributed by atoms with Crippen LogP contribution in [-0.2, 0) is 119 Å². The third-order valence-corrected chi connectivity index (χ3v) is 19.5. The minimum atomic E-state index is 0. The van der Waals surface area contributed by atoms with Gasteiger partial charge < -0.3 is 43.8 Å². The van der Waals surface area contributed by atoms with E-state index in [4.69, 9.17) is 29.9 Å². The molecule has 0 spiro atoms. The summed E-state index contributed by atoms with van der Waals surface area (Å²) in [5.41, 5.74) is 15.5. The average Bonchev–Trinajstić information content (AvgIpc) is 1.64. The second-order valence-electron chi connectivity index (χ2n) is 27.0. The number of hydrogen-bond acceptors (Lipinski definition) is 17. The third-order valence-electron chi connectivity index (χ3n) is 19.5. The van der Waals surface area contributed by atoms with Gasteiger partial charge in [0, 0.05) is 150 Å². The monoisotopic (exact) mass is 2240 g/mol. The number of aromatic nitrogens is 10. The number of hydrogen-bond donors (Lipinski definition) is 0. The molecule has 10 aromatic carbocycles. The van der Waals surface area contributed by atoms with Crippen molar-refractivity contribution >= 4 is 114 Å². The molecular formula is C95H78Ir4N18-8. The maximum atomic E-state index is 5.10. The van der Waals surface area contributed by atoms with Crippen molar-refractivity contribution < 1.29 is 80.4 Å². The first-order valence-corrected chi connectivity index (χ1v) is 38.1. The summed E-state index contributed by atoms with van der Waals surface area (Å²) in [6.07, 6.45) is 15.7. The Morgan fingerprint density at radius 1 is 0.256 bits per heavy atom. The molecule has 22 heteroatoms. The molecule has 6 aromatic heterocycles. The Morgan fingerprint density at radius 3 is 0.838 bits per heavy atom. The van der Waals surface area contributed by atoms with Crippen LogP contribution in [0, 0.1) is 50.9 Å². The largest absolute Gasteiger partial charge is 0.477 e. The van der Waals surface area contributed by atoms with E-state index in [0.717, 1.165) is 172 Å². The van der Waals surface area contributed by atoms with E-state index in [1.165, 1.54) is 21.8 Å². The number of para-hydroxylation sites is 10. The Labute approximate surface area is 737 Å². The number of anilines is 16. The summed E-state index contributed by atoms with van der Waals surface area (Å²) in [5.74, 6) is 6.67. The predicted molar refractivity (Wildman–Crippen MR) is 452 cm³/mol. The van der Waals surface area contributed by atoms with Gasteiger partial charge in [-0.3, -0.25) is 4.98 Å². The van der Waals surface area contributed by atoms with Gasteiger partial charge in [0.25, 0.3) is 0 Å². The van der Waals surface area contributed by atoms with Gasteiger partial charge in [-0.1, -0.05) is 142 Å². The van der Waals surface area contributed by atoms with Crippen LogP contribution >= 0.6 is 0 Å². The standard InChI is InChI=1S/C31H23N5.C24H19N5.2C20H18N4.4Ir/c1-3-11-24(12-4-1)35-22-36(25-13-5-2-6-14-25)31-30(35)32-21-23(33-31)19-20-34-28-17-9-7-15-26(28)27-16-8-10-18-29(27)34;1-3-10-21(11-4-1)28-18-29(22-12-5-2-6-13-22)24-23(28)26-17-20(27-24)15-14-19-9-7-8-16-25-19;2*1-2-9-16-14-21-19-20(22-16)24(18-12-7-4-8-13-18)15-23(19)17-10-5-3-6-11-17;;;;/h1-13,15-18,21-22H,19-20H2;1-12,16-18H,14-15H2;2*3-8,10-12,14-15H,2,9H2,1H3;;;;/q4*-2;;;;. The van der Waals surface area contributed by atoms with Crippen LogP contribution in [0.4, 0.5) is 92.0 Å². The van der Waals surface area contributed by atoms with Crippen molar-refractivity contribution in [3.63, 3.8) is 0 Å². The number of benzene rings is 10. The maximum Gasteiger partial charge on any atom is 0.145 e. The van der Waals surface area contributed by atoms with Gasteiger partial charge >= 0.3 is 0 Å². The van der Waals surface area contributed by atoms with Crippen LogP contribution < -0.4 is 39.2 Å². The number of nitrogens with zero attached hydrogens (tertiary/aromatic N) is 18. The molecular weight excluding hydrogens is 2160 g/mol. The van der Waals surface area contributed by atoms with Crippen molar-refractivity contribution in [2.24, 2.45) is 0 Å². The van der Waals surface area contributed by atoms with Crippen LogP contribution in [0.25, 0.3) is 21.8 Å². The summed E-state index contributed by atoms with van der Waals surface area (Å²) >= 11 is 0. The molecule has 4 radical (unpaired) electrons. The zero-order valence-corrected chi connectivity index (χ0v) is 73.5. The first kappa shape index (κ1) is 83.4. The summed E-state index contributed by atoms with van der Waals surface area (Å²) in [4.78, 5) is 59.7. The third kappa shape index (κ3) is 18.7. The smallest absolute Gasteiger partial charge is 0.145 e. The second kappa shape index (κ2) is 39.9. The molecule has 18 nitrogen and oxygen atoms in total. The molecule has 0 atom stereocenters. The number of rotatable bonds is 18. The molecule has 0 bridgehead atoms. The van der Waals surface area contributed by atoms with E-state index in [1.807, 2.05) is 251 Å². The molecule has 4 aliphatic rings. The van der Waals surface area contributed by atoms with Crippen molar-refractivity contribution in [3.05, 3.63) is 396 Å². The fraction of sp³-hybridized carbons (Fsp3) is 0.105. The van der Waals surface area contributed by atoms with Crippen LogP contribution in [0.3, 0.4) is 0 Å². The van der Waals surface area contributed by atoms with Gasteiger partial charge in [0.05, 0.1) is 47.6 Å².